The van der Waals surface area contributed by atoms with E-state index in [9.17, 15) is 0 Å². The average Bonchev–Trinajstić information content (AvgIpc) is 2.28. The Kier molecular flexibility index (Phi) is 3.57. The molecule has 4 heteroatoms. The van der Waals surface area contributed by atoms with E-state index in [1.54, 1.807) is 0 Å². The predicted octanol–water partition coefficient (Wildman–Crippen LogP) is 2.26. The molecule has 1 heterocycles. The summed E-state index contributed by atoms with van der Waals surface area (Å²) in [4.78, 5) is 0. The molecule has 0 bridgehead atoms. The third-order valence-electron chi connectivity index (χ3n) is 2.00. The molecule has 0 saturated carbocycles. The normalized spacial score (nSPS) is 10.1. The van der Waals surface area contributed by atoms with Crippen molar-refractivity contribution >= 4 is 56.4 Å². The Labute approximate surface area is 108 Å². The molecule has 1 aromatic heterocycles. The van der Waals surface area contributed by atoms with E-state index in [1.165, 1.54) is 10.9 Å². The average molecular weight is 248 g/mol. The van der Waals surface area contributed by atoms with Gasteiger partial charge in [-0.1, -0.05) is 15.9 Å². The molecule has 13 heavy (non-hydrogen) atoms. The minimum atomic E-state index is 0. The monoisotopic (exact) mass is 247 g/mol. The number of hydrogen-bond acceptors (Lipinski definition) is 1. The molecule has 63 valence electrons. The van der Waals surface area contributed by atoms with Crippen molar-refractivity contribution in [1.29, 1.82) is 0 Å². The largest absolute Gasteiger partial charge is 0.268 e. The first kappa shape index (κ1) is 11.2. The molecular formula is C9H9BrN2Na. The van der Waals surface area contributed by atoms with Gasteiger partial charge in [0.25, 0.3) is 0 Å². The maximum atomic E-state index is 4.33. The van der Waals surface area contributed by atoms with Crippen molar-refractivity contribution in [3.63, 3.8) is 0 Å². The summed E-state index contributed by atoms with van der Waals surface area (Å²) in [6, 6.07) is 6.19. The summed E-state index contributed by atoms with van der Waals surface area (Å²) in [7, 11) is 1.96. The van der Waals surface area contributed by atoms with Gasteiger partial charge in [0.15, 0.2) is 0 Å². The maximum Gasteiger partial charge on any atom is 0.0682 e. The van der Waals surface area contributed by atoms with Gasteiger partial charge in [-0.3, -0.25) is 4.68 Å². The minimum absolute atomic E-state index is 0. The summed E-state index contributed by atoms with van der Waals surface area (Å²) in [5.41, 5.74) is 2.25. The van der Waals surface area contributed by atoms with Gasteiger partial charge in [-0.2, -0.15) is 5.10 Å². The SMILES string of the molecule is Cc1nn(C)c2ccc(Br)cc12.[Na]. The van der Waals surface area contributed by atoms with E-state index >= 15 is 0 Å². The number of rotatable bonds is 0. The van der Waals surface area contributed by atoms with Crippen molar-refractivity contribution in [3.05, 3.63) is 28.4 Å². The second kappa shape index (κ2) is 4.13. The summed E-state index contributed by atoms with van der Waals surface area (Å²) >= 11 is 3.44. The molecule has 0 aliphatic carbocycles. The van der Waals surface area contributed by atoms with Crippen LogP contribution < -0.4 is 0 Å². The second-order valence-electron chi connectivity index (χ2n) is 2.87. The number of aryl methyl sites for hydroxylation is 2. The van der Waals surface area contributed by atoms with Gasteiger partial charge in [0, 0.05) is 46.5 Å². The molecule has 2 rings (SSSR count). The number of fused-ring (bicyclic) bond motifs is 1. The summed E-state index contributed by atoms with van der Waals surface area (Å²) in [6.07, 6.45) is 0. The van der Waals surface area contributed by atoms with Crippen molar-refractivity contribution in [2.45, 2.75) is 6.92 Å². The molecule has 0 atom stereocenters. The van der Waals surface area contributed by atoms with E-state index in [-0.39, 0.29) is 29.6 Å². The minimum Gasteiger partial charge on any atom is -0.268 e. The first-order valence-corrected chi connectivity index (χ1v) is 4.56. The molecule has 0 amide bonds. The predicted molar refractivity (Wildman–Crippen MR) is 58.9 cm³/mol. The molecule has 2 aromatic rings. The van der Waals surface area contributed by atoms with E-state index in [2.05, 4.69) is 33.2 Å². The van der Waals surface area contributed by atoms with Crippen LogP contribution in [0.5, 0.6) is 0 Å². The maximum absolute atomic E-state index is 4.33. The first-order valence-electron chi connectivity index (χ1n) is 3.77. The van der Waals surface area contributed by atoms with Gasteiger partial charge in [-0.15, -0.1) is 0 Å². The van der Waals surface area contributed by atoms with Crippen LogP contribution in [0.1, 0.15) is 5.69 Å². The number of aromatic nitrogens is 2. The van der Waals surface area contributed by atoms with Crippen molar-refractivity contribution < 1.29 is 0 Å². The van der Waals surface area contributed by atoms with Crippen LogP contribution in [0.15, 0.2) is 22.7 Å². The van der Waals surface area contributed by atoms with Crippen molar-refractivity contribution in [3.8, 4) is 0 Å². The van der Waals surface area contributed by atoms with Crippen LogP contribution in [0.25, 0.3) is 10.9 Å². The number of halogens is 1. The van der Waals surface area contributed by atoms with Gasteiger partial charge < -0.3 is 0 Å². The van der Waals surface area contributed by atoms with Gasteiger partial charge >= 0.3 is 0 Å². The van der Waals surface area contributed by atoms with Crippen LogP contribution in [-0.4, -0.2) is 39.3 Å². The molecule has 0 aliphatic heterocycles. The molecule has 0 aliphatic rings. The third kappa shape index (κ3) is 1.99. The van der Waals surface area contributed by atoms with E-state index < -0.39 is 0 Å². The quantitative estimate of drug-likeness (QED) is 0.654. The number of nitrogens with zero attached hydrogens (tertiary/aromatic N) is 2. The number of hydrogen-bond donors (Lipinski definition) is 0. The van der Waals surface area contributed by atoms with Gasteiger partial charge in [-0.25, -0.2) is 0 Å². The zero-order chi connectivity index (χ0) is 8.72. The van der Waals surface area contributed by atoms with E-state index in [0.29, 0.717) is 0 Å². The van der Waals surface area contributed by atoms with Crippen LogP contribution in [0.2, 0.25) is 0 Å². The Balaban J connectivity index is 0.000000845. The first-order chi connectivity index (χ1) is 5.68. The van der Waals surface area contributed by atoms with Crippen molar-refractivity contribution in [2.75, 3.05) is 0 Å². The van der Waals surface area contributed by atoms with Crippen LogP contribution in [0.4, 0.5) is 0 Å². The molecular weight excluding hydrogens is 239 g/mol. The van der Waals surface area contributed by atoms with E-state index in [0.717, 1.165) is 10.2 Å². The summed E-state index contributed by atoms with van der Waals surface area (Å²) in [5, 5.41) is 5.54. The van der Waals surface area contributed by atoms with Gasteiger partial charge in [0.1, 0.15) is 0 Å². The zero-order valence-corrected chi connectivity index (χ0v) is 11.6. The fourth-order valence-corrected chi connectivity index (χ4v) is 1.77. The molecule has 0 fully saturated rings. The Morgan fingerprint density at radius 2 is 2.08 bits per heavy atom. The van der Waals surface area contributed by atoms with Gasteiger partial charge in [-0.05, 0) is 25.1 Å². The topological polar surface area (TPSA) is 17.8 Å². The van der Waals surface area contributed by atoms with Gasteiger partial charge in [0.2, 0.25) is 0 Å². The Morgan fingerprint density at radius 1 is 1.38 bits per heavy atom. The third-order valence-corrected chi connectivity index (χ3v) is 2.49. The number of benzene rings is 1. The van der Waals surface area contributed by atoms with E-state index in [1.807, 2.05) is 24.7 Å². The van der Waals surface area contributed by atoms with Crippen molar-refractivity contribution in [2.24, 2.45) is 7.05 Å². The molecule has 1 radical (unpaired) electrons. The zero-order valence-electron chi connectivity index (χ0n) is 8.00. The standard InChI is InChI=1S/C9H9BrN2.Na/c1-6-8-5-7(10)3-4-9(8)12(2)11-6;/h3-5H,1-2H3;. The Morgan fingerprint density at radius 3 is 2.77 bits per heavy atom. The molecule has 0 unspecified atom stereocenters. The van der Waals surface area contributed by atoms with Crippen LogP contribution in [0, 0.1) is 6.92 Å². The van der Waals surface area contributed by atoms with Crippen molar-refractivity contribution in [1.82, 2.24) is 9.78 Å². The fourth-order valence-electron chi connectivity index (χ4n) is 1.41. The van der Waals surface area contributed by atoms with Crippen LogP contribution >= 0.6 is 15.9 Å². The van der Waals surface area contributed by atoms with Gasteiger partial charge in [0.05, 0.1) is 11.2 Å². The Bertz CT molecular complexity index is 436. The second-order valence-corrected chi connectivity index (χ2v) is 3.79. The molecule has 0 saturated heterocycles. The van der Waals surface area contributed by atoms with E-state index in [4.69, 9.17) is 0 Å². The molecule has 0 spiro atoms. The summed E-state index contributed by atoms with van der Waals surface area (Å²) in [5.74, 6) is 0. The Hall–Kier alpha value is 0.170. The van der Waals surface area contributed by atoms with Crippen LogP contribution in [-0.2, 0) is 7.05 Å². The molecule has 2 nitrogen and oxygen atoms in total. The fraction of sp³-hybridized carbons (Fsp3) is 0.222. The molecule has 0 N–H and O–H groups in total. The summed E-state index contributed by atoms with van der Waals surface area (Å²) < 4.78 is 3.00. The smallest absolute Gasteiger partial charge is 0.0682 e. The summed E-state index contributed by atoms with van der Waals surface area (Å²) in [6.45, 7) is 2.02. The molecule has 1 aromatic carbocycles. The van der Waals surface area contributed by atoms with Crippen LogP contribution in [0.3, 0.4) is 0 Å².